The van der Waals surface area contributed by atoms with Crippen molar-refractivity contribution in [1.29, 1.82) is 0 Å². The topological polar surface area (TPSA) is 57.5 Å². The van der Waals surface area contributed by atoms with Crippen LogP contribution in [0.5, 0.6) is 0 Å². The Morgan fingerprint density at radius 3 is 1.83 bits per heavy atom. The fourth-order valence-electron chi connectivity index (χ4n) is 1.18. The fourth-order valence-corrected chi connectivity index (χ4v) is 1.18. The van der Waals surface area contributed by atoms with Gasteiger partial charge >= 0.3 is 18.1 Å². The lowest BCUT2D eigenvalue weighted by atomic mass is 10.0. The molecule has 18 heavy (non-hydrogen) atoms. The van der Waals surface area contributed by atoms with Crippen LogP contribution in [0.2, 0.25) is 0 Å². The molecular formula is C10H7F5O3. The summed E-state index contributed by atoms with van der Waals surface area (Å²) in [5.74, 6) is -7.03. The van der Waals surface area contributed by atoms with E-state index in [1.54, 1.807) is 0 Å². The highest BCUT2D eigenvalue weighted by Gasteiger charge is 2.47. The van der Waals surface area contributed by atoms with E-state index in [2.05, 4.69) is 0 Å². The number of alkyl halides is 5. The molecule has 0 aliphatic heterocycles. The van der Waals surface area contributed by atoms with E-state index in [0.29, 0.717) is 24.3 Å². The number of carboxylic acids is 1. The van der Waals surface area contributed by atoms with Crippen LogP contribution in [0.15, 0.2) is 24.3 Å². The number of carbonyl (C=O) groups is 1. The predicted molar refractivity (Wildman–Crippen MR) is 49.0 cm³/mol. The van der Waals surface area contributed by atoms with Gasteiger partial charge in [-0.1, -0.05) is 12.1 Å². The minimum atomic E-state index is -4.64. The van der Waals surface area contributed by atoms with Crippen molar-refractivity contribution in [2.45, 2.75) is 18.2 Å². The Balaban J connectivity index is 3.03. The highest BCUT2D eigenvalue weighted by atomic mass is 19.4. The van der Waals surface area contributed by atoms with Crippen molar-refractivity contribution < 1.29 is 37.0 Å². The lowest BCUT2D eigenvalue weighted by molar-refractivity contribution is -0.183. The maximum atomic E-state index is 12.9. The number of aliphatic carboxylic acids is 1. The van der Waals surface area contributed by atoms with E-state index in [0.717, 1.165) is 0 Å². The second-order valence-electron chi connectivity index (χ2n) is 3.45. The fraction of sp³-hybridized carbons (Fsp3) is 0.300. The largest absolute Gasteiger partial charge is 0.477 e. The molecule has 0 amide bonds. The smallest absolute Gasteiger partial charge is 0.416 e. The van der Waals surface area contributed by atoms with Crippen molar-refractivity contribution in [2.75, 3.05) is 0 Å². The molecule has 0 radical (unpaired) electrons. The molecule has 1 atom stereocenters. The van der Waals surface area contributed by atoms with Crippen molar-refractivity contribution in [1.82, 2.24) is 0 Å². The maximum Gasteiger partial charge on any atom is 0.416 e. The Morgan fingerprint density at radius 1 is 1.06 bits per heavy atom. The quantitative estimate of drug-likeness (QED) is 0.829. The van der Waals surface area contributed by atoms with Gasteiger partial charge in [0, 0.05) is 0 Å². The first-order valence-corrected chi connectivity index (χ1v) is 4.53. The molecule has 8 heteroatoms. The molecule has 3 nitrogen and oxygen atoms in total. The summed E-state index contributed by atoms with van der Waals surface area (Å²) in [6.07, 6.45) is -7.35. The van der Waals surface area contributed by atoms with Gasteiger partial charge in [-0.05, 0) is 17.7 Å². The number of aliphatic hydroxyl groups excluding tert-OH is 1. The third kappa shape index (κ3) is 2.76. The number of halogens is 5. The summed E-state index contributed by atoms with van der Waals surface area (Å²) >= 11 is 0. The monoisotopic (exact) mass is 270 g/mol. The Labute approximate surface area is 97.5 Å². The molecule has 0 fully saturated rings. The molecule has 0 aliphatic carbocycles. The van der Waals surface area contributed by atoms with Crippen LogP contribution < -0.4 is 0 Å². The van der Waals surface area contributed by atoms with Crippen molar-refractivity contribution in [3.8, 4) is 0 Å². The van der Waals surface area contributed by atoms with Crippen LogP contribution in [0.1, 0.15) is 17.2 Å². The van der Waals surface area contributed by atoms with E-state index in [-0.39, 0.29) is 0 Å². The van der Waals surface area contributed by atoms with Gasteiger partial charge in [-0.15, -0.1) is 0 Å². The summed E-state index contributed by atoms with van der Waals surface area (Å²) in [5.41, 5.74) is -1.70. The minimum Gasteiger partial charge on any atom is -0.477 e. The number of rotatable bonds is 3. The highest BCUT2D eigenvalue weighted by molar-refractivity contribution is 5.76. The van der Waals surface area contributed by atoms with Crippen LogP contribution in [-0.4, -0.2) is 22.1 Å². The summed E-state index contributed by atoms with van der Waals surface area (Å²) in [6.45, 7) is 0. The Hall–Kier alpha value is -1.70. The zero-order valence-corrected chi connectivity index (χ0v) is 8.58. The summed E-state index contributed by atoms with van der Waals surface area (Å²) in [6, 6.07) is 2.17. The first-order chi connectivity index (χ1) is 8.06. The van der Waals surface area contributed by atoms with Crippen molar-refractivity contribution in [3.05, 3.63) is 35.4 Å². The Kier molecular flexibility index (Phi) is 3.61. The van der Waals surface area contributed by atoms with Crippen molar-refractivity contribution >= 4 is 5.97 Å². The molecule has 2 N–H and O–H groups in total. The highest BCUT2D eigenvalue weighted by Crippen LogP contribution is 2.34. The molecule has 1 aromatic rings. The number of hydrogen-bond acceptors (Lipinski definition) is 2. The number of aliphatic hydroxyl groups is 1. The van der Waals surface area contributed by atoms with Crippen molar-refractivity contribution in [2.24, 2.45) is 0 Å². The molecule has 0 saturated carbocycles. The van der Waals surface area contributed by atoms with Crippen LogP contribution in [0, 0.1) is 0 Å². The van der Waals surface area contributed by atoms with Gasteiger partial charge in [0.1, 0.15) is 0 Å². The van der Waals surface area contributed by atoms with Crippen LogP contribution in [0.4, 0.5) is 22.0 Å². The van der Waals surface area contributed by atoms with Gasteiger partial charge in [-0.2, -0.15) is 22.0 Å². The number of hydrogen-bond donors (Lipinski definition) is 2. The standard InChI is InChI=1S/C10H7F5O3/c11-9(12,8(17)18)7(16)5-1-3-6(4-2-5)10(13,14)15/h1-4,7,16H,(H,17,18). The normalized spacial score (nSPS) is 14.3. The minimum absolute atomic E-state index is 0.483. The van der Waals surface area contributed by atoms with Crippen LogP contribution >= 0.6 is 0 Å². The van der Waals surface area contributed by atoms with Crippen LogP contribution in [-0.2, 0) is 11.0 Å². The van der Waals surface area contributed by atoms with E-state index in [9.17, 15) is 26.7 Å². The molecule has 0 saturated heterocycles. The second kappa shape index (κ2) is 4.52. The zero-order chi connectivity index (χ0) is 14.1. The molecule has 1 unspecified atom stereocenters. The van der Waals surface area contributed by atoms with E-state index >= 15 is 0 Å². The molecule has 0 bridgehead atoms. The molecule has 0 heterocycles. The average molecular weight is 270 g/mol. The summed E-state index contributed by atoms with van der Waals surface area (Å²) < 4.78 is 62.3. The molecule has 1 aromatic carbocycles. The Morgan fingerprint density at radius 2 is 1.50 bits per heavy atom. The van der Waals surface area contributed by atoms with Gasteiger partial charge in [0.15, 0.2) is 6.10 Å². The maximum absolute atomic E-state index is 12.9. The van der Waals surface area contributed by atoms with Gasteiger partial charge < -0.3 is 10.2 Å². The van der Waals surface area contributed by atoms with Gasteiger partial charge in [0.05, 0.1) is 5.56 Å². The molecular weight excluding hydrogens is 263 g/mol. The SMILES string of the molecule is O=C(O)C(F)(F)C(O)c1ccc(C(F)(F)F)cc1. The molecule has 0 aromatic heterocycles. The van der Waals surface area contributed by atoms with Crippen LogP contribution in [0.3, 0.4) is 0 Å². The molecule has 0 aliphatic rings. The average Bonchev–Trinajstić information content (AvgIpc) is 2.26. The summed E-state index contributed by atoms with van der Waals surface area (Å²) in [7, 11) is 0. The first kappa shape index (κ1) is 14.4. The molecule has 0 spiro atoms. The third-order valence-corrected chi connectivity index (χ3v) is 2.18. The van der Waals surface area contributed by atoms with Gasteiger partial charge in [0.25, 0.3) is 0 Å². The Bertz CT molecular complexity index is 438. The number of carboxylic acid groups (broad SMARTS) is 1. The molecule has 100 valence electrons. The van der Waals surface area contributed by atoms with Gasteiger partial charge in [-0.25, -0.2) is 4.79 Å². The predicted octanol–water partition coefficient (Wildman–Crippen LogP) is 2.46. The zero-order valence-electron chi connectivity index (χ0n) is 8.58. The van der Waals surface area contributed by atoms with Gasteiger partial charge in [-0.3, -0.25) is 0 Å². The molecule has 1 rings (SSSR count). The lowest BCUT2D eigenvalue weighted by Crippen LogP contribution is -2.35. The van der Waals surface area contributed by atoms with Crippen molar-refractivity contribution in [3.63, 3.8) is 0 Å². The number of benzene rings is 1. The lowest BCUT2D eigenvalue weighted by Gasteiger charge is -2.19. The van der Waals surface area contributed by atoms with E-state index in [1.807, 2.05) is 0 Å². The van der Waals surface area contributed by atoms with E-state index < -0.39 is 35.3 Å². The van der Waals surface area contributed by atoms with Gasteiger partial charge in [0.2, 0.25) is 0 Å². The van der Waals surface area contributed by atoms with E-state index in [4.69, 9.17) is 10.2 Å². The summed E-state index contributed by atoms with van der Waals surface area (Å²) in [5, 5.41) is 17.3. The third-order valence-electron chi connectivity index (χ3n) is 2.18. The first-order valence-electron chi connectivity index (χ1n) is 4.53. The van der Waals surface area contributed by atoms with E-state index in [1.165, 1.54) is 0 Å². The van der Waals surface area contributed by atoms with Crippen LogP contribution in [0.25, 0.3) is 0 Å². The second-order valence-corrected chi connectivity index (χ2v) is 3.45. The summed E-state index contributed by atoms with van der Waals surface area (Å²) in [4.78, 5) is 10.2.